The highest BCUT2D eigenvalue weighted by Gasteiger charge is 2.52. The third-order valence-electron chi connectivity index (χ3n) is 4.35. The van der Waals surface area contributed by atoms with Crippen LogP contribution in [-0.2, 0) is 20.5 Å². The average Bonchev–Trinajstić information content (AvgIpc) is 2.44. The zero-order chi connectivity index (χ0) is 16.0. The summed E-state index contributed by atoms with van der Waals surface area (Å²) in [5.41, 5.74) is 7.87. The summed E-state index contributed by atoms with van der Waals surface area (Å²) in [5.74, 6) is -0.385. The normalized spacial score (nSPS) is 19.8. The van der Waals surface area contributed by atoms with E-state index in [9.17, 15) is 4.79 Å². The molecule has 0 aliphatic carbocycles. The molecule has 1 aromatic rings. The van der Waals surface area contributed by atoms with Crippen molar-refractivity contribution in [2.24, 2.45) is 5.73 Å². The van der Waals surface area contributed by atoms with E-state index in [-0.39, 0.29) is 23.5 Å². The maximum atomic E-state index is 11.0. The molecule has 1 aliphatic rings. The lowest BCUT2D eigenvalue weighted by Gasteiger charge is -2.32. The number of nitrogens with two attached hydrogens (primary N) is 1. The molecule has 0 bridgehead atoms. The second-order valence-electron chi connectivity index (χ2n) is 6.66. The van der Waals surface area contributed by atoms with Crippen molar-refractivity contribution in [2.75, 3.05) is 0 Å². The van der Waals surface area contributed by atoms with Gasteiger partial charge >= 0.3 is 7.12 Å². The molecule has 114 valence electrons. The standard InChI is InChI=1S/C15H23BN2O3/c1-9-7-11(8-12(17)19)18-10(2)13(9)16-20-14(3,4)15(5,6)21-16/h7H,8H2,1-6H3,(H2,17,19). The summed E-state index contributed by atoms with van der Waals surface area (Å²) in [7, 11) is -0.440. The Morgan fingerprint density at radius 2 is 1.76 bits per heavy atom. The minimum Gasteiger partial charge on any atom is -0.399 e. The molecule has 1 saturated heterocycles. The minimum absolute atomic E-state index is 0.144. The fourth-order valence-electron chi connectivity index (χ4n) is 2.51. The Hall–Kier alpha value is -1.40. The zero-order valence-electron chi connectivity index (χ0n) is 13.6. The van der Waals surface area contributed by atoms with Gasteiger partial charge in [0.15, 0.2) is 0 Å². The van der Waals surface area contributed by atoms with Crippen LogP contribution < -0.4 is 11.2 Å². The van der Waals surface area contributed by atoms with Crippen molar-refractivity contribution in [3.63, 3.8) is 0 Å². The molecule has 0 aromatic carbocycles. The Morgan fingerprint density at radius 1 is 1.24 bits per heavy atom. The molecule has 0 saturated carbocycles. The number of rotatable bonds is 3. The Kier molecular flexibility index (Phi) is 3.89. The van der Waals surface area contributed by atoms with Crippen molar-refractivity contribution in [1.29, 1.82) is 0 Å². The quantitative estimate of drug-likeness (QED) is 0.844. The first kappa shape index (κ1) is 16.0. The molecule has 0 radical (unpaired) electrons. The highest BCUT2D eigenvalue weighted by atomic mass is 16.7. The van der Waals surface area contributed by atoms with E-state index in [1.54, 1.807) is 0 Å². The molecule has 6 heteroatoms. The van der Waals surface area contributed by atoms with Crippen molar-refractivity contribution in [3.8, 4) is 0 Å². The first-order valence-corrected chi connectivity index (χ1v) is 7.14. The third-order valence-corrected chi connectivity index (χ3v) is 4.35. The van der Waals surface area contributed by atoms with Crippen molar-refractivity contribution in [1.82, 2.24) is 4.98 Å². The number of aromatic nitrogens is 1. The molecule has 0 unspecified atom stereocenters. The largest absolute Gasteiger partial charge is 0.496 e. The fraction of sp³-hybridized carbons (Fsp3) is 0.600. The first-order valence-electron chi connectivity index (χ1n) is 7.14. The summed E-state index contributed by atoms with van der Waals surface area (Å²) in [5, 5.41) is 0. The monoisotopic (exact) mass is 290 g/mol. The van der Waals surface area contributed by atoms with E-state index in [0.29, 0.717) is 5.69 Å². The Balaban J connectivity index is 2.36. The number of hydrogen-bond acceptors (Lipinski definition) is 4. The number of pyridine rings is 1. The second-order valence-corrected chi connectivity index (χ2v) is 6.66. The van der Waals surface area contributed by atoms with Gasteiger partial charge in [-0.25, -0.2) is 0 Å². The molecule has 0 atom stereocenters. The molecule has 0 spiro atoms. The van der Waals surface area contributed by atoms with Gasteiger partial charge in [-0.1, -0.05) is 0 Å². The third kappa shape index (κ3) is 2.96. The van der Waals surface area contributed by atoms with Gasteiger partial charge in [0.1, 0.15) is 0 Å². The van der Waals surface area contributed by atoms with Gasteiger partial charge in [-0.05, 0) is 53.2 Å². The van der Waals surface area contributed by atoms with Crippen molar-refractivity contribution >= 4 is 18.5 Å². The summed E-state index contributed by atoms with van der Waals surface area (Å²) >= 11 is 0. The van der Waals surface area contributed by atoms with Gasteiger partial charge in [0.25, 0.3) is 0 Å². The number of carbonyl (C=O) groups excluding carboxylic acids is 1. The number of aryl methyl sites for hydroxylation is 2. The van der Waals surface area contributed by atoms with E-state index in [0.717, 1.165) is 16.7 Å². The average molecular weight is 290 g/mol. The van der Waals surface area contributed by atoms with Gasteiger partial charge in [-0.2, -0.15) is 0 Å². The van der Waals surface area contributed by atoms with Crippen molar-refractivity contribution < 1.29 is 14.1 Å². The number of hydrogen-bond donors (Lipinski definition) is 1. The summed E-state index contributed by atoms with van der Waals surface area (Å²) in [6.45, 7) is 12.0. The van der Waals surface area contributed by atoms with Crippen molar-refractivity contribution in [2.45, 2.75) is 59.2 Å². The zero-order valence-corrected chi connectivity index (χ0v) is 13.6. The molecule has 1 aromatic heterocycles. The topological polar surface area (TPSA) is 74.4 Å². The molecular weight excluding hydrogens is 267 g/mol. The van der Waals surface area contributed by atoms with E-state index in [4.69, 9.17) is 15.0 Å². The number of amides is 1. The van der Waals surface area contributed by atoms with Crippen molar-refractivity contribution in [3.05, 3.63) is 23.0 Å². The van der Waals surface area contributed by atoms with E-state index >= 15 is 0 Å². The highest BCUT2D eigenvalue weighted by molar-refractivity contribution is 6.63. The van der Waals surface area contributed by atoms with Crippen LogP contribution in [-0.4, -0.2) is 29.2 Å². The lowest BCUT2D eigenvalue weighted by molar-refractivity contribution is -0.117. The summed E-state index contributed by atoms with van der Waals surface area (Å²) in [4.78, 5) is 15.5. The fourth-order valence-corrected chi connectivity index (χ4v) is 2.51. The SMILES string of the molecule is Cc1cc(CC(N)=O)nc(C)c1B1OC(C)(C)C(C)(C)O1. The van der Waals surface area contributed by atoms with Crippen LogP contribution in [0.1, 0.15) is 44.6 Å². The molecule has 1 amide bonds. The molecule has 2 rings (SSSR count). The van der Waals surface area contributed by atoms with Crippen LogP contribution in [0.2, 0.25) is 0 Å². The highest BCUT2D eigenvalue weighted by Crippen LogP contribution is 2.36. The van der Waals surface area contributed by atoms with Crippen LogP contribution in [0.3, 0.4) is 0 Å². The predicted octanol–water partition coefficient (Wildman–Crippen LogP) is 1.03. The summed E-state index contributed by atoms with van der Waals surface area (Å²) in [6, 6.07) is 1.87. The first-order chi connectivity index (χ1) is 9.53. The van der Waals surface area contributed by atoms with Crippen LogP contribution >= 0.6 is 0 Å². The van der Waals surface area contributed by atoms with Crippen LogP contribution in [0.4, 0.5) is 0 Å². The Morgan fingerprint density at radius 3 is 2.19 bits per heavy atom. The van der Waals surface area contributed by atoms with Gasteiger partial charge in [-0.3, -0.25) is 9.78 Å². The molecule has 21 heavy (non-hydrogen) atoms. The van der Waals surface area contributed by atoms with E-state index < -0.39 is 7.12 Å². The maximum Gasteiger partial charge on any atom is 0.496 e. The van der Waals surface area contributed by atoms with E-state index in [1.165, 1.54) is 0 Å². The number of nitrogens with zero attached hydrogens (tertiary/aromatic N) is 1. The molecule has 1 fully saturated rings. The van der Waals surface area contributed by atoms with Gasteiger partial charge < -0.3 is 15.0 Å². The minimum atomic E-state index is -0.440. The van der Waals surface area contributed by atoms with Crippen LogP contribution in [0, 0.1) is 13.8 Å². The second kappa shape index (κ2) is 5.11. The lowest BCUT2D eigenvalue weighted by atomic mass is 9.75. The van der Waals surface area contributed by atoms with E-state index in [2.05, 4.69) is 4.98 Å². The number of carbonyl (C=O) groups is 1. The van der Waals surface area contributed by atoms with Gasteiger partial charge in [0.05, 0.1) is 23.3 Å². The van der Waals surface area contributed by atoms with Gasteiger partial charge in [0, 0.05) is 11.2 Å². The Labute approximate surface area is 126 Å². The molecule has 2 heterocycles. The van der Waals surface area contributed by atoms with Gasteiger partial charge in [-0.15, -0.1) is 0 Å². The molecule has 1 aliphatic heterocycles. The van der Waals surface area contributed by atoms with Gasteiger partial charge in [0.2, 0.25) is 5.91 Å². The van der Waals surface area contributed by atoms with E-state index in [1.807, 2.05) is 47.6 Å². The van der Waals surface area contributed by atoms with Crippen LogP contribution in [0.25, 0.3) is 0 Å². The smallest absolute Gasteiger partial charge is 0.399 e. The molecule has 5 nitrogen and oxygen atoms in total. The summed E-state index contributed by atoms with van der Waals surface area (Å²) in [6.07, 6.45) is 0.144. The number of primary amides is 1. The van der Waals surface area contributed by atoms with Crippen LogP contribution in [0.5, 0.6) is 0 Å². The lowest BCUT2D eigenvalue weighted by Crippen LogP contribution is -2.41. The Bertz CT molecular complexity index is 545. The van der Waals surface area contributed by atoms with Crippen LogP contribution in [0.15, 0.2) is 6.07 Å². The predicted molar refractivity (Wildman–Crippen MR) is 82.3 cm³/mol. The summed E-state index contributed by atoms with van der Waals surface area (Å²) < 4.78 is 12.2. The molecule has 2 N–H and O–H groups in total. The maximum absolute atomic E-state index is 11.0. The molecular formula is C15H23BN2O3.